The standard InChI is InChI=1S/C15H17ClN2O/c1-11-15(16)13(18(2)17-11)9-6-10-14(19)12-7-4-3-5-8-12/h3-5,7-8H,6,9-10H2,1-2H3. The van der Waals surface area contributed by atoms with Crippen molar-refractivity contribution in [3.63, 3.8) is 0 Å². The first kappa shape index (κ1) is 13.8. The maximum atomic E-state index is 12.0. The quantitative estimate of drug-likeness (QED) is 0.782. The Morgan fingerprint density at radius 1 is 1.32 bits per heavy atom. The molecule has 0 atom stereocenters. The molecule has 19 heavy (non-hydrogen) atoms. The molecule has 0 aliphatic heterocycles. The number of nitrogens with zero attached hydrogens (tertiary/aromatic N) is 2. The Labute approximate surface area is 118 Å². The van der Waals surface area contributed by atoms with E-state index in [0.717, 1.165) is 34.8 Å². The van der Waals surface area contributed by atoms with Gasteiger partial charge >= 0.3 is 0 Å². The van der Waals surface area contributed by atoms with Crippen LogP contribution in [0.2, 0.25) is 5.02 Å². The first-order valence-electron chi connectivity index (χ1n) is 6.36. The van der Waals surface area contributed by atoms with Gasteiger partial charge in [-0.25, -0.2) is 0 Å². The Hall–Kier alpha value is -1.61. The molecule has 3 nitrogen and oxygen atoms in total. The van der Waals surface area contributed by atoms with Gasteiger partial charge in [0.25, 0.3) is 0 Å². The summed E-state index contributed by atoms with van der Waals surface area (Å²) in [6.07, 6.45) is 2.09. The number of rotatable bonds is 5. The number of Topliss-reactive ketones (excluding diaryl/α,β-unsaturated/α-hetero) is 1. The third-order valence-electron chi connectivity index (χ3n) is 3.17. The molecule has 0 spiro atoms. The van der Waals surface area contributed by atoms with Gasteiger partial charge in [-0.3, -0.25) is 9.48 Å². The third kappa shape index (κ3) is 3.24. The summed E-state index contributed by atoms with van der Waals surface area (Å²) in [5, 5.41) is 4.98. The highest BCUT2D eigenvalue weighted by Gasteiger charge is 2.12. The summed E-state index contributed by atoms with van der Waals surface area (Å²) in [6, 6.07) is 9.38. The molecular formula is C15H17ClN2O. The van der Waals surface area contributed by atoms with Crippen molar-refractivity contribution in [1.82, 2.24) is 9.78 Å². The summed E-state index contributed by atoms with van der Waals surface area (Å²) < 4.78 is 1.80. The van der Waals surface area contributed by atoms with E-state index < -0.39 is 0 Å². The lowest BCUT2D eigenvalue weighted by Crippen LogP contribution is -2.02. The number of aryl methyl sites for hydroxylation is 2. The van der Waals surface area contributed by atoms with Crippen LogP contribution in [0.25, 0.3) is 0 Å². The number of benzene rings is 1. The van der Waals surface area contributed by atoms with Gasteiger partial charge in [0.1, 0.15) is 0 Å². The molecule has 1 heterocycles. The molecule has 0 saturated carbocycles. The Bertz CT molecular complexity index is 575. The van der Waals surface area contributed by atoms with Gasteiger partial charge in [-0.1, -0.05) is 41.9 Å². The Kier molecular flexibility index (Phi) is 4.38. The van der Waals surface area contributed by atoms with Crippen molar-refractivity contribution in [3.05, 3.63) is 52.3 Å². The molecule has 1 aromatic heterocycles. The first-order valence-corrected chi connectivity index (χ1v) is 6.73. The molecule has 100 valence electrons. The second-order valence-electron chi connectivity index (χ2n) is 4.61. The largest absolute Gasteiger partial charge is 0.294 e. The van der Waals surface area contributed by atoms with Crippen molar-refractivity contribution >= 4 is 17.4 Å². The fourth-order valence-corrected chi connectivity index (χ4v) is 2.39. The van der Waals surface area contributed by atoms with E-state index in [2.05, 4.69) is 5.10 Å². The maximum Gasteiger partial charge on any atom is 0.162 e. The van der Waals surface area contributed by atoms with Gasteiger partial charge in [-0.05, 0) is 19.8 Å². The zero-order valence-electron chi connectivity index (χ0n) is 11.2. The summed E-state index contributed by atoms with van der Waals surface area (Å²) in [5.74, 6) is 0.176. The Morgan fingerprint density at radius 2 is 2.00 bits per heavy atom. The molecule has 2 rings (SSSR count). The van der Waals surface area contributed by atoms with E-state index in [-0.39, 0.29) is 5.78 Å². The highest BCUT2D eigenvalue weighted by molar-refractivity contribution is 6.31. The summed E-state index contributed by atoms with van der Waals surface area (Å²) >= 11 is 6.18. The van der Waals surface area contributed by atoms with Gasteiger partial charge in [0, 0.05) is 19.0 Å². The number of halogens is 1. The van der Waals surface area contributed by atoms with Gasteiger partial charge in [0.05, 0.1) is 16.4 Å². The van der Waals surface area contributed by atoms with E-state index in [9.17, 15) is 4.79 Å². The second-order valence-corrected chi connectivity index (χ2v) is 4.99. The third-order valence-corrected chi connectivity index (χ3v) is 3.67. The first-order chi connectivity index (χ1) is 9.09. The number of hydrogen-bond acceptors (Lipinski definition) is 2. The average molecular weight is 277 g/mol. The second kappa shape index (κ2) is 6.02. The number of aromatic nitrogens is 2. The number of carbonyl (C=O) groups is 1. The van der Waals surface area contributed by atoms with Crippen LogP contribution in [-0.2, 0) is 13.5 Å². The summed E-state index contributed by atoms with van der Waals surface area (Å²) in [6.45, 7) is 1.89. The van der Waals surface area contributed by atoms with Crippen molar-refractivity contribution in [1.29, 1.82) is 0 Å². The van der Waals surface area contributed by atoms with E-state index in [1.807, 2.05) is 44.3 Å². The highest BCUT2D eigenvalue weighted by atomic mass is 35.5. The van der Waals surface area contributed by atoms with Crippen molar-refractivity contribution in [3.8, 4) is 0 Å². The van der Waals surface area contributed by atoms with Gasteiger partial charge in [0.15, 0.2) is 5.78 Å². The SMILES string of the molecule is Cc1nn(C)c(CCCC(=O)c2ccccc2)c1Cl. The van der Waals surface area contributed by atoms with Crippen LogP contribution in [0.1, 0.15) is 34.6 Å². The van der Waals surface area contributed by atoms with Crippen molar-refractivity contribution < 1.29 is 4.79 Å². The zero-order valence-corrected chi connectivity index (χ0v) is 11.9. The lowest BCUT2D eigenvalue weighted by Gasteiger charge is -2.03. The van der Waals surface area contributed by atoms with Crippen LogP contribution in [-0.4, -0.2) is 15.6 Å². The van der Waals surface area contributed by atoms with Crippen LogP contribution >= 0.6 is 11.6 Å². The Balaban J connectivity index is 1.92. The Morgan fingerprint density at radius 3 is 2.58 bits per heavy atom. The van der Waals surface area contributed by atoms with Gasteiger partial charge in [-0.15, -0.1) is 0 Å². The normalized spacial score (nSPS) is 10.7. The molecule has 2 aromatic rings. The molecular weight excluding hydrogens is 260 g/mol. The van der Waals surface area contributed by atoms with E-state index in [4.69, 9.17) is 11.6 Å². The zero-order chi connectivity index (χ0) is 13.8. The maximum absolute atomic E-state index is 12.0. The predicted molar refractivity (Wildman–Crippen MR) is 76.7 cm³/mol. The molecule has 0 amide bonds. The van der Waals surface area contributed by atoms with Crippen molar-refractivity contribution in [2.45, 2.75) is 26.2 Å². The average Bonchev–Trinajstić information content (AvgIpc) is 2.66. The van der Waals surface area contributed by atoms with Crippen LogP contribution in [0, 0.1) is 6.92 Å². The van der Waals surface area contributed by atoms with Crippen molar-refractivity contribution in [2.75, 3.05) is 0 Å². The molecule has 0 fully saturated rings. The minimum Gasteiger partial charge on any atom is -0.294 e. The van der Waals surface area contributed by atoms with E-state index >= 15 is 0 Å². The smallest absolute Gasteiger partial charge is 0.162 e. The summed E-state index contributed by atoms with van der Waals surface area (Å²) in [5.41, 5.74) is 2.61. The number of hydrogen-bond donors (Lipinski definition) is 0. The van der Waals surface area contributed by atoms with Crippen LogP contribution in [0.5, 0.6) is 0 Å². The van der Waals surface area contributed by atoms with E-state index in [1.165, 1.54) is 0 Å². The molecule has 1 aromatic carbocycles. The highest BCUT2D eigenvalue weighted by Crippen LogP contribution is 2.21. The summed E-state index contributed by atoms with van der Waals surface area (Å²) in [7, 11) is 1.88. The van der Waals surface area contributed by atoms with Gasteiger partial charge < -0.3 is 0 Å². The summed E-state index contributed by atoms with van der Waals surface area (Å²) in [4.78, 5) is 12.0. The van der Waals surface area contributed by atoms with Crippen LogP contribution < -0.4 is 0 Å². The lowest BCUT2D eigenvalue weighted by molar-refractivity contribution is 0.0980. The van der Waals surface area contributed by atoms with Gasteiger partial charge in [0.2, 0.25) is 0 Å². The molecule has 0 aliphatic carbocycles. The molecule has 4 heteroatoms. The molecule has 0 N–H and O–H groups in total. The number of carbonyl (C=O) groups excluding carboxylic acids is 1. The monoisotopic (exact) mass is 276 g/mol. The minimum atomic E-state index is 0.176. The topological polar surface area (TPSA) is 34.9 Å². The van der Waals surface area contributed by atoms with Crippen LogP contribution in [0.4, 0.5) is 0 Å². The van der Waals surface area contributed by atoms with Crippen LogP contribution in [0.15, 0.2) is 30.3 Å². The molecule has 0 aliphatic rings. The number of ketones is 1. The van der Waals surface area contributed by atoms with Crippen molar-refractivity contribution in [2.24, 2.45) is 7.05 Å². The fraction of sp³-hybridized carbons (Fsp3) is 0.333. The van der Waals surface area contributed by atoms with Gasteiger partial charge in [-0.2, -0.15) is 5.10 Å². The fourth-order valence-electron chi connectivity index (χ4n) is 2.14. The van der Waals surface area contributed by atoms with Crippen LogP contribution in [0.3, 0.4) is 0 Å². The lowest BCUT2D eigenvalue weighted by atomic mass is 10.0. The van der Waals surface area contributed by atoms with E-state index in [0.29, 0.717) is 6.42 Å². The minimum absolute atomic E-state index is 0.176. The molecule has 0 radical (unpaired) electrons. The van der Waals surface area contributed by atoms with E-state index in [1.54, 1.807) is 4.68 Å². The molecule has 0 bridgehead atoms. The molecule has 0 unspecified atom stereocenters. The molecule has 0 saturated heterocycles. The predicted octanol–water partition coefficient (Wildman–Crippen LogP) is 3.59.